The molecule has 2 saturated heterocycles. The molecule has 5 atom stereocenters. The average Bonchev–Trinajstić information content (AvgIpc) is 3.11. The van der Waals surface area contributed by atoms with Gasteiger partial charge in [0.2, 0.25) is 0 Å². The first-order valence-corrected chi connectivity index (χ1v) is 8.04. The van der Waals surface area contributed by atoms with Crippen molar-refractivity contribution in [1.29, 1.82) is 0 Å². The maximum atomic E-state index is 6.39. The lowest BCUT2D eigenvalue weighted by Crippen LogP contribution is -2.41. The summed E-state index contributed by atoms with van der Waals surface area (Å²) in [6.45, 7) is 0.992. The van der Waals surface area contributed by atoms with E-state index in [1.54, 1.807) is 0 Å². The molecular weight excluding hydrogens is 270 g/mol. The molecule has 1 aromatic carbocycles. The molecule has 0 N–H and O–H groups in total. The topological polar surface area (TPSA) is 12.5 Å². The summed E-state index contributed by atoms with van der Waals surface area (Å²) in [6.07, 6.45) is 9.00. The fraction of sp³-hybridized carbons (Fsp3) is 0.529. The van der Waals surface area contributed by atoms with Gasteiger partial charge in [0.25, 0.3) is 0 Å². The highest BCUT2D eigenvalue weighted by molar-refractivity contribution is 6.30. The van der Waals surface area contributed by atoms with E-state index < -0.39 is 0 Å². The lowest BCUT2D eigenvalue weighted by molar-refractivity contribution is 0.0319. The smallest absolute Gasteiger partial charge is 0.110 e. The van der Waals surface area contributed by atoms with E-state index in [0.29, 0.717) is 18.1 Å². The van der Waals surface area contributed by atoms with Crippen LogP contribution < -0.4 is 4.90 Å². The SMILES string of the molecule is Clc1cccc(N2C[C@@]34C=C[C@@H](O3)C3CCCC2C34)c1. The standard InChI is InChI=1S/C17H18ClNO/c18-11-3-1-4-12(9-11)19-10-17-8-7-15(20-17)13-5-2-6-14(19)16(13)17/h1,3-4,7-9,13-16H,2,5-6,10H2/t13?,14?,15-,16?,17-/m1/s1. The third-order valence-electron chi connectivity index (χ3n) is 5.78. The fourth-order valence-corrected chi connectivity index (χ4v) is 5.32. The summed E-state index contributed by atoms with van der Waals surface area (Å²) in [5.41, 5.74) is 1.25. The Bertz CT molecular complexity index is 600. The van der Waals surface area contributed by atoms with E-state index in [9.17, 15) is 0 Å². The number of fused-ring (bicyclic) bond motifs is 2. The van der Waals surface area contributed by atoms with Crippen molar-refractivity contribution in [3.8, 4) is 0 Å². The minimum atomic E-state index is -0.0112. The molecule has 3 heterocycles. The van der Waals surface area contributed by atoms with Crippen molar-refractivity contribution in [3.63, 3.8) is 0 Å². The maximum Gasteiger partial charge on any atom is 0.110 e. The molecule has 3 heteroatoms. The van der Waals surface area contributed by atoms with Gasteiger partial charge < -0.3 is 9.64 Å². The van der Waals surface area contributed by atoms with Crippen molar-refractivity contribution in [1.82, 2.24) is 0 Å². The van der Waals surface area contributed by atoms with Crippen LogP contribution in [0.25, 0.3) is 0 Å². The van der Waals surface area contributed by atoms with Crippen molar-refractivity contribution in [2.75, 3.05) is 11.4 Å². The Balaban J connectivity index is 1.59. The summed E-state index contributed by atoms with van der Waals surface area (Å²) in [6, 6.07) is 8.91. The molecule has 5 rings (SSSR count). The summed E-state index contributed by atoms with van der Waals surface area (Å²) < 4.78 is 6.39. The molecule has 2 bridgehead atoms. The van der Waals surface area contributed by atoms with Crippen LogP contribution in [0.3, 0.4) is 0 Å². The van der Waals surface area contributed by atoms with E-state index in [2.05, 4.69) is 35.3 Å². The molecule has 3 unspecified atom stereocenters. The highest BCUT2D eigenvalue weighted by Crippen LogP contribution is 2.58. The van der Waals surface area contributed by atoms with Gasteiger partial charge in [0.15, 0.2) is 0 Å². The summed E-state index contributed by atoms with van der Waals surface area (Å²) in [7, 11) is 0. The predicted octanol–water partition coefficient (Wildman–Crippen LogP) is 3.65. The van der Waals surface area contributed by atoms with Crippen LogP contribution in [-0.2, 0) is 4.74 Å². The van der Waals surface area contributed by atoms with Crippen LogP contribution in [0, 0.1) is 11.8 Å². The Morgan fingerprint density at radius 3 is 3.15 bits per heavy atom. The van der Waals surface area contributed by atoms with E-state index in [0.717, 1.165) is 17.5 Å². The van der Waals surface area contributed by atoms with Gasteiger partial charge in [0.05, 0.1) is 12.6 Å². The van der Waals surface area contributed by atoms with Gasteiger partial charge in [-0.2, -0.15) is 0 Å². The third-order valence-corrected chi connectivity index (χ3v) is 6.02. The van der Waals surface area contributed by atoms with E-state index in [-0.39, 0.29) is 5.60 Å². The fourth-order valence-electron chi connectivity index (χ4n) is 5.14. The third kappa shape index (κ3) is 1.34. The van der Waals surface area contributed by atoms with Gasteiger partial charge in [-0.05, 0) is 37.0 Å². The lowest BCUT2D eigenvalue weighted by atomic mass is 9.68. The van der Waals surface area contributed by atoms with Gasteiger partial charge in [-0.25, -0.2) is 0 Å². The minimum absolute atomic E-state index is 0.0112. The summed E-state index contributed by atoms with van der Waals surface area (Å²) >= 11 is 6.18. The lowest BCUT2D eigenvalue weighted by Gasteiger charge is -2.37. The first-order chi connectivity index (χ1) is 9.77. The number of halogens is 1. The molecule has 0 radical (unpaired) electrons. The Hall–Kier alpha value is -0.990. The largest absolute Gasteiger partial charge is 0.365 e. The van der Waals surface area contributed by atoms with E-state index >= 15 is 0 Å². The van der Waals surface area contributed by atoms with E-state index in [1.807, 2.05) is 6.07 Å². The second-order valence-corrected chi connectivity index (χ2v) is 7.13. The van der Waals surface area contributed by atoms with Crippen LogP contribution in [0.5, 0.6) is 0 Å². The first kappa shape index (κ1) is 11.6. The number of hydrogen-bond donors (Lipinski definition) is 0. The van der Waals surface area contributed by atoms with Crippen molar-refractivity contribution in [2.45, 2.75) is 37.0 Å². The molecule has 20 heavy (non-hydrogen) atoms. The van der Waals surface area contributed by atoms with Crippen molar-refractivity contribution >= 4 is 17.3 Å². The molecule has 0 amide bonds. The Kier molecular flexibility index (Phi) is 2.22. The van der Waals surface area contributed by atoms with Gasteiger partial charge in [-0.1, -0.05) is 36.2 Å². The second-order valence-electron chi connectivity index (χ2n) is 6.69. The molecule has 1 aromatic rings. The van der Waals surface area contributed by atoms with Gasteiger partial charge in [0.1, 0.15) is 5.60 Å². The van der Waals surface area contributed by atoms with Crippen LogP contribution >= 0.6 is 11.6 Å². The zero-order chi connectivity index (χ0) is 13.3. The number of benzene rings is 1. The van der Waals surface area contributed by atoms with Gasteiger partial charge in [-0.15, -0.1) is 0 Å². The van der Waals surface area contributed by atoms with Crippen LogP contribution in [0.4, 0.5) is 5.69 Å². The van der Waals surface area contributed by atoms with E-state index in [4.69, 9.17) is 16.3 Å². The van der Waals surface area contributed by atoms with Crippen molar-refractivity contribution in [2.24, 2.45) is 11.8 Å². The second kappa shape index (κ2) is 3.80. The van der Waals surface area contributed by atoms with Crippen molar-refractivity contribution in [3.05, 3.63) is 41.4 Å². The number of hydrogen-bond acceptors (Lipinski definition) is 2. The van der Waals surface area contributed by atoms with Crippen LogP contribution in [0.15, 0.2) is 36.4 Å². The molecule has 4 aliphatic rings. The maximum absolute atomic E-state index is 6.39. The molecule has 0 aromatic heterocycles. The zero-order valence-electron chi connectivity index (χ0n) is 11.3. The molecule has 1 aliphatic carbocycles. The highest BCUT2D eigenvalue weighted by atomic mass is 35.5. The first-order valence-electron chi connectivity index (χ1n) is 7.66. The summed E-state index contributed by atoms with van der Waals surface area (Å²) in [5, 5.41) is 0.824. The predicted molar refractivity (Wildman–Crippen MR) is 80.2 cm³/mol. The highest BCUT2D eigenvalue weighted by Gasteiger charge is 2.65. The zero-order valence-corrected chi connectivity index (χ0v) is 12.1. The monoisotopic (exact) mass is 287 g/mol. The quantitative estimate of drug-likeness (QED) is 0.731. The molecule has 3 aliphatic heterocycles. The van der Waals surface area contributed by atoms with E-state index in [1.165, 1.54) is 24.9 Å². The normalized spacial score (nSPS) is 44.1. The Morgan fingerprint density at radius 2 is 2.25 bits per heavy atom. The van der Waals surface area contributed by atoms with Gasteiger partial charge in [0, 0.05) is 22.7 Å². The molecule has 3 fully saturated rings. The van der Waals surface area contributed by atoms with Crippen LogP contribution in [0.1, 0.15) is 19.3 Å². The number of ether oxygens (including phenoxy) is 1. The molecule has 1 saturated carbocycles. The minimum Gasteiger partial charge on any atom is -0.365 e. The van der Waals surface area contributed by atoms with Crippen LogP contribution in [-0.4, -0.2) is 24.3 Å². The number of nitrogens with zero attached hydrogens (tertiary/aromatic N) is 1. The average molecular weight is 288 g/mol. The molecule has 104 valence electrons. The van der Waals surface area contributed by atoms with Gasteiger partial charge in [-0.3, -0.25) is 0 Å². The Labute approximate surface area is 124 Å². The summed E-state index contributed by atoms with van der Waals surface area (Å²) in [4.78, 5) is 2.55. The van der Waals surface area contributed by atoms with Gasteiger partial charge >= 0.3 is 0 Å². The molecule has 1 spiro atoms. The molecular formula is C17H18ClNO. The van der Waals surface area contributed by atoms with Crippen LogP contribution in [0.2, 0.25) is 5.02 Å². The summed E-state index contributed by atoms with van der Waals surface area (Å²) in [5.74, 6) is 1.42. The number of rotatable bonds is 1. The number of anilines is 1. The van der Waals surface area contributed by atoms with Crippen molar-refractivity contribution < 1.29 is 4.74 Å². The Morgan fingerprint density at radius 1 is 1.30 bits per heavy atom. The molecule has 2 nitrogen and oxygen atoms in total.